The Morgan fingerprint density at radius 3 is 1.70 bits per heavy atom. The first-order valence-electron chi connectivity index (χ1n) is 18.1. The van der Waals surface area contributed by atoms with E-state index in [9.17, 15) is 24.0 Å². The molecular weight excluding hydrogens is 688 g/mol. The van der Waals surface area contributed by atoms with Crippen LogP contribution in [0.1, 0.15) is 119 Å². The minimum Gasteiger partial charge on any atom is -0.318 e. The van der Waals surface area contributed by atoms with Crippen molar-refractivity contribution in [2.45, 2.75) is 92.9 Å². The van der Waals surface area contributed by atoms with E-state index in [0.717, 1.165) is 54.3 Å². The van der Waals surface area contributed by atoms with Crippen LogP contribution < -0.4 is 0 Å². The molecule has 0 atom stereocenters. The second-order valence-electron chi connectivity index (χ2n) is 12.8. The lowest BCUT2D eigenvalue weighted by atomic mass is 9.98. The van der Waals surface area contributed by atoms with E-state index in [2.05, 4.69) is 22.4 Å². The summed E-state index contributed by atoms with van der Waals surface area (Å²) < 4.78 is 1.86. The number of hydrogen-bond acceptors (Lipinski definition) is 11. The highest BCUT2D eigenvalue weighted by Gasteiger charge is 2.23. The topological polar surface area (TPSA) is 155 Å². The van der Waals surface area contributed by atoms with Crippen molar-refractivity contribution in [2.24, 2.45) is 15.5 Å². The summed E-state index contributed by atoms with van der Waals surface area (Å²) in [6.07, 6.45) is 7.61. The normalized spacial score (nSPS) is 12.1. The van der Waals surface area contributed by atoms with Gasteiger partial charge in [0.05, 0.1) is 11.2 Å². The van der Waals surface area contributed by atoms with Crippen LogP contribution in [0.15, 0.2) is 88.4 Å². The first kappa shape index (κ1) is 40.7. The maximum Gasteiger partial charge on any atom is 0.331 e. The minimum atomic E-state index is -0.630. The monoisotopic (exact) mass is 734 g/mol. The summed E-state index contributed by atoms with van der Waals surface area (Å²) in [6.45, 7) is 9.58. The van der Waals surface area contributed by atoms with Gasteiger partial charge in [-0.3, -0.25) is 9.59 Å². The van der Waals surface area contributed by atoms with Gasteiger partial charge in [0.25, 0.3) is 0 Å². The fraction of sp³-hybridized carbons (Fsp3) is 0.333. The summed E-state index contributed by atoms with van der Waals surface area (Å²) in [5.41, 5.74) is 5.46. The van der Waals surface area contributed by atoms with Crippen LogP contribution in [-0.4, -0.2) is 51.2 Å². The van der Waals surface area contributed by atoms with Crippen LogP contribution in [0.25, 0.3) is 27.7 Å². The van der Waals surface area contributed by atoms with Gasteiger partial charge in [0.15, 0.2) is 0 Å². The number of oxime groups is 3. The van der Waals surface area contributed by atoms with Gasteiger partial charge in [-0.1, -0.05) is 85.3 Å². The average molecular weight is 735 g/mol. The molecule has 0 saturated heterocycles. The van der Waals surface area contributed by atoms with Crippen LogP contribution in [0.3, 0.4) is 0 Å². The summed E-state index contributed by atoms with van der Waals surface area (Å²) in [4.78, 5) is 76.5. The molecule has 0 spiro atoms. The van der Waals surface area contributed by atoms with Gasteiger partial charge >= 0.3 is 17.9 Å². The van der Waals surface area contributed by atoms with Gasteiger partial charge in [0, 0.05) is 49.2 Å². The smallest absolute Gasteiger partial charge is 0.318 e. The number of unbranched alkanes of at least 4 members (excludes halogenated alkanes) is 4. The number of carbonyl (C=O) groups is 5. The Kier molecular flexibility index (Phi) is 14.9. The number of aromatic nitrogens is 1. The molecule has 0 aliphatic heterocycles. The second kappa shape index (κ2) is 19.7. The van der Waals surface area contributed by atoms with Crippen LogP contribution in [-0.2, 0) is 28.9 Å². The fourth-order valence-electron chi connectivity index (χ4n) is 5.69. The number of carbonyl (C=O) groups excluding carboxylic acids is 5. The quantitative estimate of drug-likeness (QED) is 0.0323. The highest BCUT2D eigenvalue weighted by atomic mass is 16.7. The molecule has 3 aromatic carbocycles. The molecule has 12 nitrogen and oxygen atoms in total. The van der Waals surface area contributed by atoms with Gasteiger partial charge in [-0.2, -0.15) is 0 Å². The van der Waals surface area contributed by atoms with Gasteiger partial charge < -0.3 is 19.1 Å². The van der Waals surface area contributed by atoms with Crippen molar-refractivity contribution in [3.63, 3.8) is 0 Å². The van der Waals surface area contributed by atoms with Gasteiger partial charge in [-0.15, -0.1) is 0 Å². The zero-order chi connectivity index (χ0) is 39.2. The van der Waals surface area contributed by atoms with Crippen LogP contribution in [0.4, 0.5) is 0 Å². The maximum absolute atomic E-state index is 14.2. The van der Waals surface area contributed by atoms with Gasteiger partial charge in [0.1, 0.15) is 11.4 Å². The molecule has 0 bridgehead atoms. The Morgan fingerprint density at radius 1 is 0.574 bits per heavy atom. The van der Waals surface area contributed by atoms with Crippen molar-refractivity contribution in [1.29, 1.82) is 0 Å². The molecule has 0 radical (unpaired) electrons. The number of rotatable bonds is 18. The van der Waals surface area contributed by atoms with E-state index in [1.165, 1.54) is 20.8 Å². The second-order valence-corrected chi connectivity index (χ2v) is 12.8. The first-order valence-corrected chi connectivity index (χ1v) is 18.1. The molecule has 0 unspecified atom stereocenters. The lowest BCUT2D eigenvalue weighted by Crippen LogP contribution is -2.16. The zero-order valence-corrected chi connectivity index (χ0v) is 31.6. The van der Waals surface area contributed by atoms with E-state index >= 15 is 0 Å². The summed E-state index contributed by atoms with van der Waals surface area (Å²) in [5.74, 6) is -2.46. The Balaban J connectivity index is 1.78. The standard InChI is InChI=1S/C42H46N4O8/c1-7-9-11-12-14-38(44-53-29(5)48)41(50)33-19-22-35(23-20-33)46-26-37(42(51)39(13-10-8-2)45-54-30(6)49)36-25-34(21-24-40(36)46)32-17-15-31(16-18-32)27(3)43-52-28(4)47/h15-26H,7-14H2,1-6H3/b43-27-,44-38+,45-39+. The Hall–Kier alpha value is -6.04. The molecule has 0 fully saturated rings. The van der Waals surface area contributed by atoms with E-state index in [0.29, 0.717) is 47.2 Å². The summed E-state index contributed by atoms with van der Waals surface area (Å²) >= 11 is 0. The highest BCUT2D eigenvalue weighted by molar-refractivity contribution is 6.48. The van der Waals surface area contributed by atoms with E-state index in [1.54, 1.807) is 37.4 Å². The van der Waals surface area contributed by atoms with Crippen LogP contribution in [0, 0.1) is 0 Å². The number of hydrogen-bond donors (Lipinski definition) is 0. The SMILES string of the molecule is CCCCCC/C(=N\OC(C)=O)C(=O)c1ccc(-n2cc(C(=O)/C(CCCC)=N/OC(C)=O)c3cc(-c4ccc(/C(C)=N\OC(C)=O)cc4)ccc32)cc1. The summed E-state index contributed by atoms with van der Waals surface area (Å²) in [6, 6.07) is 20.2. The molecule has 0 amide bonds. The van der Waals surface area contributed by atoms with Crippen molar-refractivity contribution < 1.29 is 38.5 Å². The third-order valence-corrected chi connectivity index (χ3v) is 8.53. The summed E-state index contributed by atoms with van der Waals surface area (Å²) in [7, 11) is 0. The molecule has 54 heavy (non-hydrogen) atoms. The molecular formula is C42H46N4O8. The molecule has 0 N–H and O–H groups in total. The van der Waals surface area contributed by atoms with Crippen LogP contribution in [0.2, 0.25) is 0 Å². The number of nitrogens with zero attached hydrogens (tertiary/aromatic N) is 4. The van der Waals surface area contributed by atoms with Crippen molar-refractivity contribution in [1.82, 2.24) is 4.57 Å². The fourth-order valence-corrected chi connectivity index (χ4v) is 5.69. The molecule has 1 heterocycles. The Bertz CT molecular complexity index is 2090. The molecule has 282 valence electrons. The Labute approximate surface area is 314 Å². The minimum absolute atomic E-state index is 0.128. The average Bonchev–Trinajstić information content (AvgIpc) is 3.55. The van der Waals surface area contributed by atoms with Crippen molar-refractivity contribution in [3.8, 4) is 16.8 Å². The predicted octanol–water partition coefficient (Wildman–Crippen LogP) is 8.95. The van der Waals surface area contributed by atoms with Crippen LogP contribution >= 0.6 is 0 Å². The summed E-state index contributed by atoms with van der Waals surface area (Å²) in [5, 5.41) is 12.3. The molecule has 0 aliphatic rings. The van der Waals surface area contributed by atoms with Crippen molar-refractivity contribution in [3.05, 3.63) is 89.6 Å². The lowest BCUT2D eigenvalue weighted by Gasteiger charge is -2.09. The molecule has 0 aliphatic carbocycles. The van der Waals surface area contributed by atoms with Gasteiger partial charge in [0.2, 0.25) is 11.6 Å². The van der Waals surface area contributed by atoms with Crippen molar-refractivity contribution >= 4 is 57.5 Å². The lowest BCUT2D eigenvalue weighted by molar-refractivity contribution is -0.141. The third kappa shape index (κ3) is 11.0. The van der Waals surface area contributed by atoms with Gasteiger partial charge in [-0.05, 0) is 85.7 Å². The van der Waals surface area contributed by atoms with E-state index in [1.807, 2.05) is 54.0 Å². The third-order valence-electron chi connectivity index (χ3n) is 8.53. The predicted molar refractivity (Wildman–Crippen MR) is 208 cm³/mol. The van der Waals surface area contributed by atoms with Crippen LogP contribution in [0.5, 0.6) is 0 Å². The molecule has 4 rings (SSSR count). The van der Waals surface area contributed by atoms with E-state index in [4.69, 9.17) is 14.5 Å². The number of Topliss-reactive ketones (excluding diaryl/α,β-unsaturated/α-hetero) is 2. The molecule has 1 aromatic heterocycles. The zero-order valence-electron chi connectivity index (χ0n) is 31.6. The highest BCUT2D eigenvalue weighted by Crippen LogP contribution is 2.31. The largest absolute Gasteiger partial charge is 0.331 e. The van der Waals surface area contributed by atoms with E-state index in [-0.39, 0.29) is 23.0 Å². The van der Waals surface area contributed by atoms with E-state index < -0.39 is 17.9 Å². The van der Waals surface area contributed by atoms with Gasteiger partial charge in [-0.25, -0.2) is 14.4 Å². The first-order chi connectivity index (χ1) is 25.9. The maximum atomic E-state index is 14.2. The number of ketones is 2. The van der Waals surface area contributed by atoms with Crippen molar-refractivity contribution in [2.75, 3.05) is 0 Å². The molecule has 12 heteroatoms. The number of fused-ring (bicyclic) bond motifs is 1. The number of benzene rings is 3. The Morgan fingerprint density at radius 2 is 1.11 bits per heavy atom. The molecule has 4 aromatic rings. The molecule has 0 saturated carbocycles.